The van der Waals surface area contributed by atoms with Crippen molar-refractivity contribution in [2.75, 3.05) is 11.9 Å². The number of hydrogen-bond acceptors (Lipinski definition) is 6. The van der Waals surface area contributed by atoms with Crippen molar-refractivity contribution in [2.24, 2.45) is 0 Å². The molecule has 11 heteroatoms. The highest BCUT2D eigenvalue weighted by Gasteiger charge is 2.30. The molecule has 0 spiro atoms. The molecule has 0 fully saturated rings. The predicted molar refractivity (Wildman–Crippen MR) is 142 cm³/mol. The number of rotatable bonds is 9. The predicted octanol–water partition coefficient (Wildman–Crippen LogP) is 7.23. The second-order valence-electron chi connectivity index (χ2n) is 8.67. The van der Waals surface area contributed by atoms with Gasteiger partial charge in [-0.3, -0.25) is 0 Å². The van der Waals surface area contributed by atoms with Crippen LogP contribution in [0.25, 0.3) is 11.1 Å². The number of nitrogens with one attached hydrogen (secondary N) is 1. The highest BCUT2D eigenvalue weighted by Crippen LogP contribution is 2.35. The normalized spacial score (nSPS) is 11.3. The standard InChI is InChI=1S/C28H24ClF3N4O3/c1-3-23-25(29)26(36-15-35-23)33-11-10-17-5-7-19(39-24-9-6-18(14-34-24)28(30,31)32)13-21(17)22-12-16(2)4-8-20(22)27(37)38/h4-9,12-15H,3,10-11H2,1-2H3,(H,37,38)(H,33,35,36). The number of aryl methyl sites for hydroxylation is 2. The van der Waals surface area contributed by atoms with Gasteiger partial charge in [-0.15, -0.1) is 0 Å². The lowest BCUT2D eigenvalue weighted by molar-refractivity contribution is -0.137. The van der Waals surface area contributed by atoms with Gasteiger partial charge in [0.15, 0.2) is 0 Å². The van der Waals surface area contributed by atoms with E-state index in [2.05, 4.69) is 20.3 Å². The molecule has 0 bridgehead atoms. The van der Waals surface area contributed by atoms with Crippen LogP contribution < -0.4 is 10.1 Å². The molecular weight excluding hydrogens is 533 g/mol. The van der Waals surface area contributed by atoms with Crippen molar-refractivity contribution in [3.8, 4) is 22.8 Å². The summed E-state index contributed by atoms with van der Waals surface area (Å²) < 4.78 is 44.4. The fourth-order valence-corrected chi connectivity index (χ4v) is 4.27. The quantitative estimate of drug-likeness (QED) is 0.224. The summed E-state index contributed by atoms with van der Waals surface area (Å²) in [4.78, 5) is 24.1. The summed E-state index contributed by atoms with van der Waals surface area (Å²) >= 11 is 6.39. The van der Waals surface area contributed by atoms with Crippen molar-refractivity contribution >= 4 is 23.4 Å². The number of carbonyl (C=O) groups is 1. The van der Waals surface area contributed by atoms with E-state index in [4.69, 9.17) is 16.3 Å². The van der Waals surface area contributed by atoms with Crippen molar-refractivity contribution in [1.29, 1.82) is 0 Å². The Bertz CT molecular complexity index is 1490. The first-order chi connectivity index (χ1) is 18.6. The van der Waals surface area contributed by atoms with Gasteiger partial charge in [-0.2, -0.15) is 13.2 Å². The van der Waals surface area contributed by atoms with E-state index in [-0.39, 0.29) is 11.4 Å². The van der Waals surface area contributed by atoms with Gasteiger partial charge in [0.25, 0.3) is 0 Å². The maximum atomic E-state index is 12.9. The molecule has 0 unspecified atom stereocenters. The third kappa shape index (κ3) is 6.64. The van der Waals surface area contributed by atoms with Gasteiger partial charge in [0.1, 0.15) is 22.9 Å². The van der Waals surface area contributed by atoms with Crippen LogP contribution in [0.3, 0.4) is 0 Å². The fraction of sp³-hybridized carbons (Fsp3) is 0.214. The largest absolute Gasteiger partial charge is 0.478 e. The van der Waals surface area contributed by atoms with E-state index in [0.29, 0.717) is 53.3 Å². The van der Waals surface area contributed by atoms with Crippen molar-refractivity contribution in [1.82, 2.24) is 15.0 Å². The molecule has 0 radical (unpaired) electrons. The number of carboxylic acid groups (broad SMARTS) is 1. The molecule has 0 aliphatic rings. The van der Waals surface area contributed by atoms with Crippen LogP contribution >= 0.6 is 11.6 Å². The maximum Gasteiger partial charge on any atom is 0.417 e. The first-order valence-electron chi connectivity index (χ1n) is 12.0. The molecule has 4 rings (SSSR count). The van der Waals surface area contributed by atoms with Gasteiger partial charge in [0.2, 0.25) is 5.88 Å². The van der Waals surface area contributed by atoms with E-state index in [1.807, 2.05) is 13.8 Å². The minimum absolute atomic E-state index is 0.0313. The third-order valence-electron chi connectivity index (χ3n) is 5.95. The number of aromatic nitrogens is 3. The molecule has 2 heterocycles. The fourth-order valence-electron chi connectivity index (χ4n) is 3.98. The topological polar surface area (TPSA) is 97.2 Å². The summed E-state index contributed by atoms with van der Waals surface area (Å²) in [5, 5.41) is 13.5. The molecule has 0 atom stereocenters. The molecule has 7 nitrogen and oxygen atoms in total. The minimum atomic E-state index is -4.51. The zero-order valence-electron chi connectivity index (χ0n) is 21.0. The third-order valence-corrected chi connectivity index (χ3v) is 6.34. The summed E-state index contributed by atoms with van der Waals surface area (Å²) in [5.41, 5.74) is 2.69. The van der Waals surface area contributed by atoms with Crippen LogP contribution in [0.1, 0.15) is 39.7 Å². The van der Waals surface area contributed by atoms with Gasteiger partial charge in [-0.25, -0.2) is 19.7 Å². The highest BCUT2D eigenvalue weighted by molar-refractivity contribution is 6.33. The Morgan fingerprint density at radius 1 is 1.05 bits per heavy atom. The van der Waals surface area contributed by atoms with Gasteiger partial charge in [-0.1, -0.05) is 42.3 Å². The summed E-state index contributed by atoms with van der Waals surface area (Å²) in [6.07, 6.45) is -1.25. The van der Waals surface area contributed by atoms with Crippen molar-refractivity contribution in [3.05, 3.63) is 94.0 Å². The van der Waals surface area contributed by atoms with E-state index in [0.717, 1.165) is 29.0 Å². The first-order valence-corrected chi connectivity index (χ1v) is 12.4. The number of pyridine rings is 1. The van der Waals surface area contributed by atoms with Crippen LogP contribution in [0, 0.1) is 6.92 Å². The molecule has 2 N–H and O–H groups in total. The molecule has 2 aromatic heterocycles. The number of alkyl halides is 3. The molecule has 0 amide bonds. The highest BCUT2D eigenvalue weighted by atomic mass is 35.5. The van der Waals surface area contributed by atoms with Gasteiger partial charge in [0.05, 0.1) is 16.8 Å². The zero-order chi connectivity index (χ0) is 28.2. The van der Waals surface area contributed by atoms with E-state index in [1.54, 1.807) is 30.3 Å². The summed E-state index contributed by atoms with van der Waals surface area (Å²) in [5.74, 6) is -0.334. The molecular formula is C28H24ClF3N4O3. The monoisotopic (exact) mass is 556 g/mol. The van der Waals surface area contributed by atoms with Crippen LogP contribution in [0.2, 0.25) is 5.02 Å². The molecule has 0 aliphatic carbocycles. The van der Waals surface area contributed by atoms with Crippen LogP contribution in [0.15, 0.2) is 61.1 Å². The Hall–Kier alpha value is -4.18. The Kier molecular flexibility index (Phi) is 8.35. The second kappa shape index (κ2) is 11.7. The number of ether oxygens (including phenoxy) is 1. The number of aromatic carboxylic acids is 1. The molecule has 4 aromatic rings. The number of nitrogens with zero attached hydrogens (tertiary/aromatic N) is 3. The molecule has 202 valence electrons. The molecule has 0 saturated heterocycles. The van der Waals surface area contributed by atoms with E-state index in [1.165, 1.54) is 12.4 Å². The van der Waals surface area contributed by atoms with E-state index in [9.17, 15) is 23.1 Å². The minimum Gasteiger partial charge on any atom is -0.478 e. The second-order valence-corrected chi connectivity index (χ2v) is 9.05. The number of hydrogen-bond donors (Lipinski definition) is 2. The lowest BCUT2D eigenvalue weighted by Crippen LogP contribution is -2.09. The molecule has 39 heavy (non-hydrogen) atoms. The Morgan fingerprint density at radius 2 is 1.85 bits per heavy atom. The van der Waals surface area contributed by atoms with Gasteiger partial charge in [0, 0.05) is 18.8 Å². The van der Waals surface area contributed by atoms with Gasteiger partial charge in [-0.05, 0) is 60.7 Å². The van der Waals surface area contributed by atoms with Crippen molar-refractivity contribution in [2.45, 2.75) is 32.9 Å². The number of halogens is 4. The smallest absolute Gasteiger partial charge is 0.417 e. The number of anilines is 1. The number of benzene rings is 2. The SMILES string of the molecule is CCc1ncnc(NCCc2ccc(Oc3ccc(C(F)(F)F)cn3)cc2-c2cc(C)ccc2C(=O)O)c1Cl. The van der Waals surface area contributed by atoms with Crippen LogP contribution in [-0.2, 0) is 19.0 Å². The average Bonchev–Trinajstić information content (AvgIpc) is 2.90. The van der Waals surface area contributed by atoms with Crippen molar-refractivity contribution in [3.63, 3.8) is 0 Å². The average molecular weight is 557 g/mol. The van der Waals surface area contributed by atoms with Crippen LogP contribution in [0.4, 0.5) is 19.0 Å². The van der Waals surface area contributed by atoms with Crippen LogP contribution in [-0.4, -0.2) is 32.6 Å². The van der Waals surface area contributed by atoms with Gasteiger partial charge >= 0.3 is 12.1 Å². The lowest BCUT2D eigenvalue weighted by atomic mass is 9.92. The van der Waals surface area contributed by atoms with E-state index >= 15 is 0 Å². The number of carboxylic acids is 1. The Balaban J connectivity index is 1.66. The van der Waals surface area contributed by atoms with E-state index < -0.39 is 17.7 Å². The van der Waals surface area contributed by atoms with Crippen LogP contribution in [0.5, 0.6) is 11.6 Å². The lowest BCUT2D eigenvalue weighted by Gasteiger charge is -2.16. The Morgan fingerprint density at radius 3 is 2.51 bits per heavy atom. The maximum absolute atomic E-state index is 12.9. The zero-order valence-corrected chi connectivity index (χ0v) is 21.8. The van der Waals surface area contributed by atoms with Gasteiger partial charge < -0.3 is 15.2 Å². The summed E-state index contributed by atoms with van der Waals surface area (Å²) in [6.45, 7) is 4.23. The van der Waals surface area contributed by atoms with Crippen molar-refractivity contribution < 1.29 is 27.8 Å². The molecule has 2 aromatic carbocycles. The molecule has 0 saturated carbocycles. The summed E-state index contributed by atoms with van der Waals surface area (Å²) in [7, 11) is 0. The summed E-state index contributed by atoms with van der Waals surface area (Å²) in [6, 6.07) is 12.1. The first kappa shape index (κ1) is 27.8. The molecule has 0 aliphatic heterocycles. The Labute approximate surface area is 227 Å².